The second kappa shape index (κ2) is 22.5. The van der Waals surface area contributed by atoms with Gasteiger partial charge < -0.3 is 72.9 Å². The Bertz CT molecular complexity index is 1370. The van der Waals surface area contributed by atoms with Crippen LogP contribution in [0.3, 0.4) is 0 Å². The highest BCUT2D eigenvalue weighted by Crippen LogP contribution is 2.37. The molecule has 0 aromatic carbocycles. The van der Waals surface area contributed by atoms with Gasteiger partial charge in [0.25, 0.3) is 0 Å². The zero-order valence-corrected chi connectivity index (χ0v) is 37.0. The summed E-state index contributed by atoms with van der Waals surface area (Å²) >= 11 is 0. The summed E-state index contributed by atoms with van der Waals surface area (Å²) in [5.41, 5.74) is -1.47. The molecule has 4 N–H and O–H groups in total. The van der Waals surface area contributed by atoms with E-state index in [9.17, 15) is 30.0 Å². The summed E-state index contributed by atoms with van der Waals surface area (Å²) in [6, 6.07) is -0.466. The van der Waals surface area contributed by atoms with E-state index >= 15 is 0 Å². The number of aliphatic hydroxyl groups is 4. The minimum absolute atomic E-state index is 0.00885. The van der Waals surface area contributed by atoms with Crippen molar-refractivity contribution in [2.24, 2.45) is 11.8 Å². The number of rotatable bonds is 11. The molecule has 0 aromatic heterocycles. The number of hydrogen-bond acceptors (Lipinski definition) is 16. The molecular weight excluding hydrogens is 768 g/mol. The number of cyclic esters (lactones) is 1. The molecule has 19 atom stereocenters. The Balaban J connectivity index is 1.66. The van der Waals surface area contributed by atoms with Gasteiger partial charge in [0.15, 0.2) is 18.9 Å². The van der Waals surface area contributed by atoms with E-state index in [4.69, 9.17) is 37.9 Å². The monoisotopic (exact) mass is 843 g/mol. The van der Waals surface area contributed by atoms with Crippen molar-refractivity contribution in [2.45, 2.75) is 190 Å². The van der Waals surface area contributed by atoms with Crippen molar-refractivity contribution in [2.75, 3.05) is 35.3 Å². The molecule has 340 valence electrons. The van der Waals surface area contributed by atoms with E-state index in [0.717, 1.165) is 12.7 Å². The number of ether oxygens (including phenoxy) is 8. The summed E-state index contributed by atoms with van der Waals surface area (Å²) in [7, 11) is 9.03. The number of carbonyl (C=O) groups is 2. The highest BCUT2D eigenvalue weighted by atomic mass is 16.7. The third-order valence-corrected chi connectivity index (χ3v) is 12.4. The van der Waals surface area contributed by atoms with Crippen molar-refractivity contribution >= 4 is 12.3 Å². The van der Waals surface area contributed by atoms with Gasteiger partial charge in [-0.2, -0.15) is 0 Å². The minimum atomic E-state index is -1.47. The molecule has 4 aliphatic heterocycles. The lowest BCUT2D eigenvalue weighted by Gasteiger charge is -2.50. The maximum atomic E-state index is 13.1. The number of esters is 1. The molecule has 0 aliphatic carbocycles. The highest BCUT2D eigenvalue weighted by molar-refractivity contribution is 5.70. The van der Waals surface area contributed by atoms with Crippen LogP contribution in [0.1, 0.15) is 86.5 Å². The predicted octanol–water partition coefficient (Wildman–Crippen LogP) is 2.33. The first-order valence-electron chi connectivity index (χ1n) is 21.3. The van der Waals surface area contributed by atoms with Crippen molar-refractivity contribution in [3.63, 3.8) is 0 Å². The van der Waals surface area contributed by atoms with Crippen molar-refractivity contribution in [3.8, 4) is 0 Å². The van der Waals surface area contributed by atoms with Crippen LogP contribution in [0, 0.1) is 11.8 Å². The molecule has 0 bridgehead atoms. The Morgan fingerprint density at radius 1 is 0.864 bits per heavy atom. The largest absolute Gasteiger partial charge is 0.462 e. The van der Waals surface area contributed by atoms with E-state index < -0.39 is 110 Å². The fourth-order valence-electron chi connectivity index (χ4n) is 9.10. The van der Waals surface area contributed by atoms with Gasteiger partial charge in [0.1, 0.15) is 36.8 Å². The van der Waals surface area contributed by atoms with E-state index in [-0.39, 0.29) is 30.9 Å². The standard InChI is InChI=1S/C43H74N2O14/c1-24-21-29(19-20-46)39(59-42-37(49)36(45(9)10)38(27(4)56-42)58-35-23-43(6,51)41(50)28(5)55-35)40(52-11)31(47)22-33(48)53-25(2)15-13-12-14-16-32(24)57-34-18-17-30(44(7)8)26(3)54-34/h12-14,16,20,24-32,34-42,47,49-51H,15,17-19,21-23H2,1-11H3/b13-12-,16-14-/t24-,25-,26-,27-,28+,29+,30+,31-,32+,34+,35+,36+,37-,38-,39+,40+,41+,42+,43-/m1/s1. The van der Waals surface area contributed by atoms with Crippen molar-refractivity contribution in [1.29, 1.82) is 0 Å². The molecule has 3 saturated heterocycles. The maximum absolute atomic E-state index is 13.1. The summed E-state index contributed by atoms with van der Waals surface area (Å²) in [5.74, 6) is -1.47. The molecule has 3 fully saturated rings. The lowest BCUT2D eigenvalue weighted by Crippen LogP contribution is -2.65. The number of aldehydes is 1. The molecule has 0 radical (unpaired) electrons. The van der Waals surface area contributed by atoms with Gasteiger partial charge in [0.05, 0.1) is 54.7 Å². The van der Waals surface area contributed by atoms with Crippen molar-refractivity contribution in [3.05, 3.63) is 24.3 Å². The Kier molecular flexibility index (Phi) is 18.9. The summed E-state index contributed by atoms with van der Waals surface area (Å²) in [5, 5.41) is 45.1. The number of allylic oxidation sites excluding steroid dienone is 2. The third-order valence-electron chi connectivity index (χ3n) is 12.4. The van der Waals surface area contributed by atoms with Crippen LogP contribution in [-0.2, 0) is 47.5 Å². The van der Waals surface area contributed by atoms with E-state index in [1.165, 1.54) is 14.0 Å². The minimum Gasteiger partial charge on any atom is -0.462 e. The fraction of sp³-hybridized carbons (Fsp3) is 0.860. The van der Waals surface area contributed by atoms with Crippen LogP contribution in [0.5, 0.6) is 0 Å². The first kappa shape index (κ1) is 49.8. The van der Waals surface area contributed by atoms with E-state index in [1.807, 2.05) is 52.2 Å². The molecule has 0 amide bonds. The number of carbonyl (C=O) groups excluding carboxylic acids is 2. The van der Waals surface area contributed by atoms with Crippen LogP contribution < -0.4 is 0 Å². The van der Waals surface area contributed by atoms with Crippen LogP contribution in [-0.4, -0.2) is 181 Å². The molecule has 4 rings (SSSR count). The van der Waals surface area contributed by atoms with Crippen LogP contribution in [0.25, 0.3) is 0 Å². The van der Waals surface area contributed by atoms with E-state index in [2.05, 4.69) is 4.90 Å². The Hall–Kier alpha value is -1.90. The van der Waals surface area contributed by atoms with E-state index in [0.29, 0.717) is 19.3 Å². The van der Waals surface area contributed by atoms with Crippen molar-refractivity contribution in [1.82, 2.24) is 9.80 Å². The average Bonchev–Trinajstić information content (AvgIpc) is 3.13. The first-order valence-corrected chi connectivity index (χ1v) is 21.3. The topological polar surface area (TPSA) is 195 Å². The van der Waals surface area contributed by atoms with Gasteiger partial charge in [0.2, 0.25) is 0 Å². The van der Waals surface area contributed by atoms with Gasteiger partial charge in [-0.3, -0.25) is 4.79 Å². The number of aliphatic hydroxyl groups excluding tert-OH is 3. The summed E-state index contributed by atoms with van der Waals surface area (Å²) in [4.78, 5) is 29.5. The summed E-state index contributed by atoms with van der Waals surface area (Å²) in [6.07, 6.45) is -1.56. The van der Waals surface area contributed by atoms with Gasteiger partial charge >= 0.3 is 5.97 Å². The second-order valence-electron chi connectivity index (χ2n) is 17.8. The first-order chi connectivity index (χ1) is 27.8. The van der Waals surface area contributed by atoms with Crippen LogP contribution >= 0.6 is 0 Å². The molecule has 0 unspecified atom stereocenters. The lowest BCUT2D eigenvalue weighted by atomic mass is 9.82. The molecule has 59 heavy (non-hydrogen) atoms. The Labute approximate surface area is 351 Å². The average molecular weight is 843 g/mol. The normalized spacial score (nSPS) is 45.8. The quantitative estimate of drug-likeness (QED) is 0.175. The lowest BCUT2D eigenvalue weighted by molar-refractivity contribution is -0.344. The zero-order chi connectivity index (χ0) is 43.8. The molecule has 16 nitrogen and oxygen atoms in total. The smallest absolute Gasteiger partial charge is 0.308 e. The molecule has 16 heteroatoms. The summed E-state index contributed by atoms with van der Waals surface area (Å²) in [6.45, 7) is 10.8. The van der Waals surface area contributed by atoms with Gasteiger partial charge in [-0.1, -0.05) is 31.2 Å². The number of likely N-dealkylation sites (N-methyl/N-ethyl adjacent to an activating group) is 2. The molecular formula is C43H74N2O14. The van der Waals surface area contributed by atoms with Gasteiger partial charge in [0, 0.05) is 32.4 Å². The zero-order valence-electron chi connectivity index (χ0n) is 37.0. The molecule has 0 aromatic rings. The van der Waals surface area contributed by atoms with Gasteiger partial charge in [-0.25, -0.2) is 0 Å². The van der Waals surface area contributed by atoms with Gasteiger partial charge in [-0.15, -0.1) is 0 Å². The maximum Gasteiger partial charge on any atom is 0.308 e. The predicted molar refractivity (Wildman–Crippen MR) is 217 cm³/mol. The van der Waals surface area contributed by atoms with E-state index in [1.54, 1.807) is 39.8 Å². The Morgan fingerprint density at radius 2 is 1.56 bits per heavy atom. The van der Waals surface area contributed by atoms with Crippen LogP contribution in [0.4, 0.5) is 0 Å². The number of hydrogen-bond donors (Lipinski definition) is 4. The number of nitrogens with zero attached hydrogens (tertiary/aromatic N) is 2. The molecule has 0 saturated carbocycles. The molecule has 4 heterocycles. The highest BCUT2D eigenvalue weighted by Gasteiger charge is 2.52. The SMILES string of the molecule is CO[C@@H]1[C@@H](O[C@@H]2O[C@H](C)[C@@H](O[C@H]3C[C@@](C)(O)[C@@H](O)[C@H](C)O3)[C@@H](N(C)C)[C@H]2O)[C@@H](CC=O)C[C@@H](C)[C@@H](O[C@H]2CC[C@H](N(C)C)[C@@H](C)O2)/C=C\C=C/C[C@@H](C)OC(=O)C[C@H]1O. The van der Waals surface area contributed by atoms with Crippen LogP contribution in [0.2, 0.25) is 0 Å². The molecule has 4 aliphatic rings. The fourth-order valence-corrected chi connectivity index (χ4v) is 9.10. The molecule has 0 spiro atoms. The van der Waals surface area contributed by atoms with Crippen LogP contribution in [0.15, 0.2) is 24.3 Å². The van der Waals surface area contributed by atoms with Gasteiger partial charge in [-0.05, 0) is 93.9 Å². The van der Waals surface area contributed by atoms with Crippen molar-refractivity contribution < 1.29 is 67.9 Å². The summed E-state index contributed by atoms with van der Waals surface area (Å²) < 4.78 is 50.0. The Morgan fingerprint density at radius 3 is 2.17 bits per heavy atom. The third kappa shape index (κ3) is 13.3. The second-order valence-corrected chi connectivity index (χ2v) is 17.8. The number of methoxy groups -OCH3 is 1.